The molecule has 0 spiro atoms. The third-order valence-corrected chi connectivity index (χ3v) is 3.44. The molecule has 1 rings (SSSR count). The summed E-state index contributed by atoms with van der Waals surface area (Å²) < 4.78 is 22.0. The number of aromatic nitrogens is 2. The Labute approximate surface area is 106 Å². The first-order chi connectivity index (χ1) is 8.29. The Morgan fingerprint density at radius 3 is 2.78 bits per heavy atom. The molecule has 0 saturated carbocycles. The van der Waals surface area contributed by atoms with E-state index >= 15 is 0 Å². The van der Waals surface area contributed by atoms with Crippen LogP contribution in [-0.4, -0.2) is 54.5 Å². The smallest absolute Gasteiger partial charge is 0.239 e. The van der Waals surface area contributed by atoms with Gasteiger partial charge in [0, 0.05) is 31.6 Å². The second-order valence-corrected chi connectivity index (χ2v) is 6.59. The number of sulfone groups is 1. The van der Waals surface area contributed by atoms with Gasteiger partial charge in [-0.25, -0.2) is 8.42 Å². The summed E-state index contributed by atoms with van der Waals surface area (Å²) in [5.74, 6) is -0.362. The van der Waals surface area contributed by atoms with E-state index in [1.54, 1.807) is 19.4 Å². The Balaban J connectivity index is 2.47. The molecule has 1 aromatic heterocycles. The van der Waals surface area contributed by atoms with Crippen LogP contribution in [0.1, 0.15) is 12.0 Å². The van der Waals surface area contributed by atoms with E-state index < -0.39 is 15.9 Å². The van der Waals surface area contributed by atoms with E-state index in [4.69, 9.17) is 5.73 Å². The number of rotatable bonds is 6. The van der Waals surface area contributed by atoms with Crippen molar-refractivity contribution in [2.45, 2.75) is 19.0 Å². The van der Waals surface area contributed by atoms with E-state index in [0.29, 0.717) is 6.54 Å². The van der Waals surface area contributed by atoms with Crippen LogP contribution >= 0.6 is 0 Å². The van der Waals surface area contributed by atoms with Gasteiger partial charge in [0.1, 0.15) is 9.84 Å². The maximum atomic E-state index is 11.9. The van der Waals surface area contributed by atoms with Gasteiger partial charge in [-0.15, -0.1) is 0 Å². The van der Waals surface area contributed by atoms with E-state index in [-0.39, 0.29) is 18.1 Å². The summed E-state index contributed by atoms with van der Waals surface area (Å²) in [5.41, 5.74) is 6.54. The number of hydrogen-bond donors (Lipinski definition) is 2. The van der Waals surface area contributed by atoms with E-state index in [9.17, 15) is 13.2 Å². The van der Waals surface area contributed by atoms with E-state index in [1.807, 2.05) is 0 Å². The average Bonchev–Trinajstić information content (AvgIpc) is 2.76. The van der Waals surface area contributed by atoms with Crippen LogP contribution in [0.25, 0.3) is 0 Å². The molecule has 1 unspecified atom stereocenters. The standard InChI is InChI=1S/C10H18N4O3S/c1-14(7-8-5-12-13-6-8)10(15)9(11)3-4-18(2,16)17/h5-6,9H,3-4,7,11H2,1-2H3,(H,12,13). The molecule has 0 aliphatic rings. The van der Waals surface area contributed by atoms with Gasteiger partial charge in [-0.05, 0) is 6.42 Å². The van der Waals surface area contributed by atoms with Gasteiger partial charge in [0.15, 0.2) is 0 Å². The number of nitrogens with one attached hydrogen (secondary N) is 1. The normalized spacial score (nSPS) is 13.3. The minimum absolute atomic E-state index is 0.0839. The lowest BCUT2D eigenvalue weighted by Gasteiger charge is -2.20. The monoisotopic (exact) mass is 274 g/mol. The topological polar surface area (TPSA) is 109 Å². The van der Waals surface area contributed by atoms with E-state index in [0.717, 1.165) is 11.8 Å². The van der Waals surface area contributed by atoms with Crippen molar-refractivity contribution in [1.82, 2.24) is 15.1 Å². The minimum Gasteiger partial charge on any atom is -0.340 e. The van der Waals surface area contributed by atoms with Crippen LogP contribution in [0.2, 0.25) is 0 Å². The molecule has 1 aromatic rings. The zero-order valence-corrected chi connectivity index (χ0v) is 11.3. The van der Waals surface area contributed by atoms with Gasteiger partial charge < -0.3 is 10.6 Å². The number of H-pyrrole nitrogens is 1. The van der Waals surface area contributed by atoms with Crippen molar-refractivity contribution in [3.63, 3.8) is 0 Å². The highest BCUT2D eigenvalue weighted by Gasteiger charge is 2.19. The van der Waals surface area contributed by atoms with Crippen LogP contribution in [0.4, 0.5) is 0 Å². The molecule has 0 aliphatic heterocycles. The minimum atomic E-state index is -3.09. The Kier molecular flexibility index (Phi) is 4.85. The number of nitrogens with zero attached hydrogens (tertiary/aromatic N) is 2. The first-order valence-electron chi connectivity index (χ1n) is 5.45. The van der Waals surface area contributed by atoms with E-state index in [1.165, 1.54) is 4.90 Å². The quantitative estimate of drug-likeness (QED) is 0.701. The molecule has 0 aliphatic carbocycles. The molecular formula is C10H18N4O3S. The number of nitrogens with two attached hydrogens (primary N) is 1. The average molecular weight is 274 g/mol. The highest BCUT2D eigenvalue weighted by molar-refractivity contribution is 7.90. The predicted molar refractivity (Wildman–Crippen MR) is 67.4 cm³/mol. The summed E-state index contributed by atoms with van der Waals surface area (Å²) in [6.45, 7) is 0.391. The molecule has 8 heteroatoms. The summed E-state index contributed by atoms with van der Waals surface area (Å²) in [5, 5.41) is 6.42. The molecule has 0 bridgehead atoms. The van der Waals surface area contributed by atoms with Crippen LogP contribution in [0.5, 0.6) is 0 Å². The third-order valence-electron chi connectivity index (χ3n) is 2.47. The van der Waals surface area contributed by atoms with Crippen molar-refractivity contribution in [2.75, 3.05) is 19.1 Å². The number of aromatic amines is 1. The van der Waals surface area contributed by atoms with Gasteiger partial charge in [0.05, 0.1) is 18.0 Å². The van der Waals surface area contributed by atoms with Crippen LogP contribution in [0, 0.1) is 0 Å². The molecule has 1 heterocycles. The molecule has 0 aromatic carbocycles. The summed E-state index contributed by atoms with van der Waals surface area (Å²) in [7, 11) is -1.47. The summed E-state index contributed by atoms with van der Waals surface area (Å²) in [6.07, 6.45) is 4.56. The van der Waals surface area contributed by atoms with Crippen molar-refractivity contribution in [3.05, 3.63) is 18.0 Å². The highest BCUT2D eigenvalue weighted by Crippen LogP contribution is 2.03. The first-order valence-corrected chi connectivity index (χ1v) is 7.51. The number of likely N-dealkylation sites (N-methyl/N-ethyl adjacent to an activating group) is 1. The fraction of sp³-hybridized carbons (Fsp3) is 0.600. The molecule has 3 N–H and O–H groups in total. The molecule has 0 fully saturated rings. The van der Waals surface area contributed by atoms with Crippen LogP contribution in [-0.2, 0) is 21.2 Å². The Hall–Kier alpha value is -1.41. The van der Waals surface area contributed by atoms with Crippen molar-refractivity contribution < 1.29 is 13.2 Å². The molecule has 18 heavy (non-hydrogen) atoms. The summed E-state index contributed by atoms with van der Waals surface area (Å²) in [6, 6.07) is -0.795. The third kappa shape index (κ3) is 4.84. The molecule has 102 valence electrons. The van der Waals surface area contributed by atoms with Gasteiger partial charge >= 0.3 is 0 Å². The Bertz CT molecular complexity index is 483. The second-order valence-electron chi connectivity index (χ2n) is 4.33. The lowest BCUT2D eigenvalue weighted by atomic mass is 10.2. The van der Waals surface area contributed by atoms with Crippen LogP contribution in [0.15, 0.2) is 12.4 Å². The number of amides is 1. The summed E-state index contributed by atoms with van der Waals surface area (Å²) in [4.78, 5) is 13.3. The molecule has 0 saturated heterocycles. The lowest BCUT2D eigenvalue weighted by molar-refractivity contribution is -0.131. The second kappa shape index (κ2) is 5.96. The zero-order chi connectivity index (χ0) is 13.8. The van der Waals surface area contributed by atoms with Crippen molar-refractivity contribution in [3.8, 4) is 0 Å². The number of hydrogen-bond acceptors (Lipinski definition) is 5. The number of carbonyl (C=O) groups excluding carboxylic acids is 1. The first kappa shape index (κ1) is 14.7. The van der Waals surface area contributed by atoms with Gasteiger partial charge in [0.25, 0.3) is 0 Å². The Morgan fingerprint density at radius 1 is 1.61 bits per heavy atom. The largest absolute Gasteiger partial charge is 0.340 e. The van der Waals surface area contributed by atoms with Crippen LogP contribution in [0.3, 0.4) is 0 Å². The summed E-state index contributed by atoms with van der Waals surface area (Å²) >= 11 is 0. The van der Waals surface area contributed by atoms with Gasteiger partial charge in [-0.2, -0.15) is 5.10 Å². The van der Waals surface area contributed by atoms with Crippen molar-refractivity contribution in [2.24, 2.45) is 5.73 Å². The number of carbonyl (C=O) groups is 1. The Morgan fingerprint density at radius 2 is 2.28 bits per heavy atom. The predicted octanol–water partition coefficient (Wildman–Crippen LogP) is -0.870. The SMILES string of the molecule is CN(Cc1cn[nH]c1)C(=O)C(N)CCS(C)(=O)=O. The molecule has 7 nitrogen and oxygen atoms in total. The van der Waals surface area contributed by atoms with Gasteiger partial charge in [0.2, 0.25) is 5.91 Å². The molecular weight excluding hydrogens is 256 g/mol. The van der Waals surface area contributed by atoms with Crippen LogP contribution < -0.4 is 5.73 Å². The molecule has 1 atom stereocenters. The zero-order valence-electron chi connectivity index (χ0n) is 10.5. The highest BCUT2D eigenvalue weighted by atomic mass is 32.2. The fourth-order valence-electron chi connectivity index (χ4n) is 1.46. The van der Waals surface area contributed by atoms with Crippen molar-refractivity contribution in [1.29, 1.82) is 0 Å². The maximum Gasteiger partial charge on any atom is 0.239 e. The van der Waals surface area contributed by atoms with Gasteiger partial charge in [-0.3, -0.25) is 9.89 Å². The fourth-order valence-corrected chi connectivity index (χ4v) is 2.15. The molecule has 1 amide bonds. The lowest BCUT2D eigenvalue weighted by Crippen LogP contribution is -2.42. The maximum absolute atomic E-state index is 11.9. The van der Waals surface area contributed by atoms with Gasteiger partial charge in [-0.1, -0.05) is 0 Å². The van der Waals surface area contributed by atoms with Crippen molar-refractivity contribution >= 4 is 15.7 Å². The molecule has 0 radical (unpaired) electrons. The van der Waals surface area contributed by atoms with E-state index in [2.05, 4.69) is 10.2 Å².